The second-order valence-electron chi connectivity index (χ2n) is 4.01. The third-order valence-electron chi connectivity index (χ3n) is 2.80. The maximum absolute atomic E-state index is 13.7. The van der Waals surface area contributed by atoms with Gasteiger partial charge in [-0.15, -0.1) is 0 Å². The summed E-state index contributed by atoms with van der Waals surface area (Å²) in [4.78, 5) is 4.44. The van der Waals surface area contributed by atoms with Crippen LogP contribution in [0.15, 0.2) is 54.6 Å². The van der Waals surface area contributed by atoms with Gasteiger partial charge in [0.05, 0.1) is 11.2 Å². The monoisotopic (exact) mass is 257 g/mol. The first kappa shape index (κ1) is 11.2. The molecule has 0 saturated heterocycles. The molecule has 0 unspecified atom stereocenters. The molecule has 0 spiro atoms. The van der Waals surface area contributed by atoms with Gasteiger partial charge < -0.3 is 0 Å². The van der Waals surface area contributed by atoms with Gasteiger partial charge in [-0.2, -0.15) is 0 Å². The lowest BCUT2D eigenvalue weighted by atomic mass is 10.1. The molecule has 0 fully saturated rings. The second-order valence-corrected chi connectivity index (χ2v) is 4.45. The predicted molar refractivity (Wildman–Crippen MR) is 72.1 cm³/mol. The van der Waals surface area contributed by atoms with Crippen molar-refractivity contribution >= 4 is 22.5 Å². The van der Waals surface area contributed by atoms with Gasteiger partial charge in [-0.25, -0.2) is 9.37 Å². The summed E-state index contributed by atoms with van der Waals surface area (Å²) in [7, 11) is 0. The van der Waals surface area contributed by atoms with Crippen molar-refractivity contribution in [2.24, 2.45) is 0 Å². The van der Waals surface area contributed by atoms with E-state index in [2.05, 4.69) is 4.98 Å². The fourth-order valence-electron chi connectivity index (χ4n) is 1.91. The van der Waals surface area contributed by atoms with Gasteiger partial charge in [-0.3, -0.25) is 0 Å². The normalized spacial score (nSPS) is 10.8. The van der Waals surface area contributed by atoms with Crippen molar-refractivity contribution < 1.29 is 4.39 Å². The van der Waals surface area contributed by atoms with Gasteiger partial charge in [-0.05, 0) is 30.3 Å². The Morgan fingerprint density at radius 2 is 1.72 bits per heavy atom. The molecule has 0 atom stereocenters. The zero-order valence-corrected chi connectivity index (χ0v) is 10.2. The van der Waals surface area contributed by atoms with E-state index in [0.717, 1.165) is 10.9 Å². The third kappa shape index (κ3) is 1.95. The van der Waals surface area contributed by atoms with Crippen LogP contribution in [0.3, 0.4) is 0 Å². The number of halogens is 2. The van der Waals surface area contributed by atoms with E-state index >= 15 is 0 Å². The highest BCUT2D eigenvalue weighted by Gasteiger charge is 2.06. The van der Waals surface area contributed by atoms with Crippen LogP contribution in [-0.4, -0.2) is 4.98 Å². The fraction of sp³-hybridized carbons (Fsp3) is 0. The van der Waals surface area contributed by atoms with Crippen molar-refractivity contribution in [3.8, 4) is 11.3 Å². The van der Waals surface area contributed by atoms with Gasteiger partial charge in [0.1, 0.15) is 5.82 Å². The lowest BCUT2D eigenvalue weighted by Gasteiger charge is -2.04. The van der Waals surface area contributed by atoms with Crippen molar-refractivity contribution in [3.05, 3.63) is 65.4 Å². The highest BCUT2D eigenvalue weighted by atomic mass is 35.5. The first-order chi connectivity index (χ1) is 8.74. The van der Waals surface area contributed by atoms with Crippen LogP contribution in [0.1, 0.15) is 0 Å². The van der Waals surface area contributed by atoms with Crippen molar-refractivity contribution in [1.82, 2.24) is 4.98 Å². The van der Waals surface area contributed by atoms with E-state index in [0.29, 0.717) is 16.3 Å². The van der Waals surface area contributed by atoms with Gasteiger partial charge in [0.25, 0.3) is 0 Å². The predicted octanol–water partition coefficient (Wildman–Crippen LogP) is 4.69. The van der Waals surface area contributed by atoms with Crippen molar-refractivity contribution in [2.45, 2.75) is 0 Å². The molecule has 2 aromatic carbocycles. The Morgan fingerprint density at radius 1 is 0.944 bits per heavy atom. The lowest BCUT2D eigenvalue weighted by molar-refractivity contribution is 0.631. The Bertz CT molecular complexity index is 725. The molecule has 0 aliphatic rings. The summed E-state index contributed by atoms with van der Waals surface area (Å²) in [5.74, 6) is -0.272. The SMILES string of the molecule is Fc1ccccc1-c1ccc2ccc(Cl)cc2n1. The zero-order valence-electron chi connectivity index (χ0n) is 9.40. The average Bonchev–Trinajstić information content (AvgIpc) is 2.38. The summed E-state index contributed by atoms with van der Waals surface area (Å²) in [6, 6.07) is 15.8. The van der Waals surface area contributed by atoms with Gasteiger partial charge >= 0.3 is 0 Å². The number of rotatable bonds is 1. The molecule has 0 aliphatic heterocycles. The summed E-state index contributed by atoms with van der Waals surface area (Å²) < 4.78 is 13.7. The number of fused-ring (bicyclic) bond motifs is 1. The highest BCUT2D eigenvalue weighted by Crippen LogP contribution is 2.24. The Balaban J connectivity index is 2.22. The van der Waals surface area contributed by atoms with Crippen LogP contribution in [-0.2, 0) is 0 Å². The maximum atomic E-state index is 13.7. The summed E-state index contributed by atoms with van der Waals surface area (Å²) in [6.45, 7) is 0. The molecule has 1 aromatic heterocycles. The van der Waals surface area contributed by atoms with E-state index in [9.17, 15) is 4.39 Å². The standard InChI is InChI=1S/C15H9ClFN/c16-11-7-5-10-6-8-14(18-15(10)9-11)12-3-1-2-4-13(12)17/h1-9H. The maximum Gasteiger partial charge on any atom is 0.132 e. The topological polar surface area (TPSA) is 12.9 Å². The minimum atomic E-state index is -0.272. The van der Waals surface area contributed by atoms with Crippen LogP contribution < -0.4 is 0 Å². The van der Waals surface area contributed by atoms with E-state index in [-0.39, 0.29) is 5.82 Å². The lowest BCUT2D eigenvalue weighted by Crippen LogP contribution is -1.88. The fourth-order valence-corrected chi connectivity index (χ4v) is 2.08. The number of aromatic nitrogens is 1. The highest BCUT2D eigenvalue weighted by molar-refractivity contribution is 6.31. The van der Waals surface area contributed by atoms with Gasteiger partial charge in [0.2, 0.25) is 0 Å². The molecule has 18 heavy (non-hydrogen) atoms. The van der Waals surface area contributed by atoms with Crippen LogP contribution >= 0.6 is 11.6 Å². The van der Waals surface area contributed by atoms with Crippen LogP contribution in [0.4, 0.5) is 4.39 Å². The molecular weight excluding hydrogens is 249 g/mol. The third-order valence-corrected chi connectivity index (χ3v) is 3.04. The van der Waals surface area contributed by atoms with E-state index in [1.807, 2.05) is 24.3 Å². The Labute approximate surface area is 109 Å². The first-order valence-corrected chi connectivity index (χ1v) is 5.93. The zero-order chi connectivity index (χ0) is 12.5. The molecule has 0 N–H and O–H groups in total. The molecule has 0 aliphatic carbocycles. The van der Waals surface area contributed by atoms with Gasteiger partial charge in [0.15, 0.2) is 0 Å². The molecule has 0 saturated carbocycles. The largest absolute Gasteiger partial charge is 0.248 e. The molecule has 1 heterocycles. The number of nitrogens with zero attached hydrogens (tertiary/aromatic N) is 1. The molecule has 0 amide bonds. The quantitative estimate of drug-likeness (QED) is 0.616. The molecule has 3 aromatic rings. The molecule has 3 rings (SSSR count). The number of hydrogen-bond donors (Lipinski definition) is 0. The Kier molecular flexibility index (Phi) is 2.73. The summed E-state index contributed by atoms with van der Waals surface area (Å²) in [6.07, 6.45) is 0. The number of pyridine rings is 1. The van der Waals surface area contributed by atoms with E-state index < -0.39 is 0 Å². The van der Waals surface area contributed by atoms with E-state index in [1.54, 1.807) is 24.3 Å². The second kappa shape index (κ2) is 4.39. The number of hydrogen-bond acceptors (Lipinski definition) is 1. The average molecular weight is 258 g/mol. The van der Waals surface area contributed by atoms with Gasteiger partial charge in [-0.1, -0.05) is 35.9 Å². The minimum absolute atomic E-state index is 0.272. The minimum Gasteiger partial charge on any atom is -0.248 e. The van der Waals surface area contributed by atoms with Crippen LogP contribution in [0.2, 0.25) is 5.02 Å². The molecule has 3 heteroatoms. The molecule has 0 radical (unpaired) electrons. The first-order valence-electron chi connectivity index (χ1n) is 5.55. The van der Waals surface area contributed by atoms with Crippen LogP contribution in [0.5, 0.6) is 0 Å². The van der Waals surface area contributed by atoms with Crippen LogP contribution in [0.25, 0.3) is 22.2 Å². The smallest absolute Gasteiger partial charge is 0.132 e. The van der Waals surface area contributed by atoms with Crippen molar-refractivity contribution in [1.29, 1.82) is 0 Å². The molecule has 88 valence electrons. The summed E-state index contributed by atoms with van der Waals surface area (Å²) in [5, 5.41) is 1.61. The van der Waals surface area contributed by atoms with Crippen molar-refractivity contribution in [3.63, 3.8) is 0 Å². The molecule has 0 bridgehead atoms. The summed E-state index contributed by atoms with van der Waals surface area (Å²) in [5.41, 5.74) is 1.88. The Hall–Kier alpha value is -1.93. The molecule has 1 nitrogen and oxygen atoms in total. The van der Waals surface area contributed by atoms with Crippen LogP contribution in [0, 0.1) is 5.82 Å². The molecular formula is C15H9ClFN. The van der Waals surface area contributed by atoms with E-state index in [1.165, 1.54) is 6.07 Å². The number of benzene rings is 2. The summed E-state index contributed by atoms with van der Waals surface area (Å²) >= 11 is 5.93. The van der Waals surface area contributed by atoms with Gasteiger partial charge in [0, 0.05) is 16.0 Å². The Morgan fingerprint density at radius 3 is 2.56 bits per heavy atom. The van der Waals surface area contributed by atoms with Crippen molar-refractivity contribution in [2.75, 3.05) is 0 Å². The van der Waals surface area contributed by atoms with E-state index in [4.69, 9.17) is 11.6 Å².